The molecule has 0 atom stereocenters. The first-order valence-corrected chi connectivity index (χ1v) is 13.8. The molecular formula is C36H33N3O. The van der Waals surface area contributed by atoms with E-state index in [9.17, 15) is 5.11 Å². The number of nitrogens with zero attached hydrogens (tertiary/aromatic N) is 3. The highest BCUT2D eigenvalue weighted by Crippen LogP contribution is 2.39. The van der Waals surface area contributed by atoms with Crippen LogP contribution in [0.1, 0.15) is 30.5 Å². The van der Waals surface area contributed by atoms with Crippen molar-refractivity contribution in [3.8, 4) is 45.2 Å². The Morgan fingerprint density at radius 3 is 2.23 bits per heavy atom. The average molecular weight is 524 g/mol. The third-order valence-corrected chi connectivity index (χ3v) is 7.43. The van der Waals surface area contributed by atoms with Gasteiger partial charge in [0.1, 0.15) is 11.6 Å². The predicted molar refractivity (Wildman–Crippen MR) is 165 cm³/mol. The van der Waals surface area contributed by atoms with Crippen LogP contribution in [0.4, 0.5) is 0 Å². The molecule has 4 nitrogen and oxygen atoms in total. The summed E-state index contributed by atoms with van der Waals surface area (Å²) in [5.41, 5.74) is 11.4. The van der Waals surface area contributed by atoms with Crippen LogP contribution in [-0.4, -0.2) is 19.6 Å². The lowest BCUT2D eigenvalue weighted by Crippen LogP contribution is -2.02. The van der Waals surface area contributed by atoms with Gasteiger partial charge in [0.25, 0.3) is 0 Å². The highest BCUT2D eigenvalue weighted by atomic mass is 16.3. The Morgan fingerprint density at radius 2 is 1.45 bits per heavy atom. The van der Waals surface area contributed by atoms with Gasteiger partial charge in [-0.2, -0.15) is 0 Å². The van der Waals surface area contributed by atoms with Crippen LogP contribution in [0.3, 0.4) is 0 Å². The number of phenolic OH excluding ortho intramolecular Hbond substituents is 1. The number of hydrogen-bond acceptors (Lipinski definition) is 3. The van der Waals surface area contributed by atoms with Gasteiger partial charge in [0, 0.05) is 17.3 Å². The molecule has 2 heterocycles. The minimum absolute atomic E-state index is 0.209. The largest absolute Gasteiger partial charge is 0.507 e. The molecule has 0 aliphatic heterocycles. The fourth-order valence-corrected chi connectivity index (χ4v) is 5.64. The van der Waals surface area contributed by atoms with Crippen LogP contribution in [0.5, 0.6) is 5.75 Å². The molecule has 198 valence electrons. The van der Waals surface area contributed by atoms with Crippen LogP contribution in [-0.2, 0) is 6.42 Å². The van der Waals surface area contributed by atoms with Crippen LogP contribution < -0.4 is 0 Å². The van der Waals surface area contributed by atoms with Crippen LogP contribution in [0.2, 0.25) is 0 Å². The van der Waals surface area contributed by atoms with Crippen molar-refractivity contribution in [3.63, 3.8) is 0 Å². The molecule has 1 N–H and O–H groups in total. The molecule has 6 aromatic rings. The lowest BCUT2D eigenvalue weighted by molar-refractivity contribution is 0.477. The number of aryl methyl sites for hydroxylation is 2. The molecule has 0 saturated carbocycles. The smallest absolute Gasteiger partial charge is 0.149 e. The van der Waals surface area contributed by atoms with Crippen molar-refractivity contribution in [2.45, 2.75) is 34.1 Å². The van der Waals surface area contributed by atoms with E-state index in [1.165, 1.54) is 5.56 Å². The summed E-state index contributed by atoms with van der Waals surface area (Å²) in [4.78, 5) is 9.91. The van der Waals surface area contributed by atoms with Crippen molar-refractivity contribution in [2.24, 2.45) is 5.92 Å². The van der Waals surface area contributed by atoms with E-state index < -0.39 is 0 Å². The van der Waals surface area contributed by atoms with E-state index in [1.54, 1.807) is 6.07 Å². The molecule has 0 aliphatic carbocycles. The van der Waals surface area contributed by atoms with E-state index in [0.717, 1.165) is 62.5 Å². The van der Waals surface area contributed by atoms with E-state index in [1.807, 2.05) is 24.4 Å². The van der Waals surface area contributed by atoms with Gasteiger partial charge in [-0.05, 0) is 84.8 Å². The van der Waals surface area contributed by atoms with Crippen LogP contribution >= 0.6 is 0 Å². The zero-order valence-corrected chi connectivity index (χ0v) is 23.4. The van der Waals surface area contributed by atoms with Gasteiger partial charge in [-0.1, -0.05) is 74.5 Å². The summed E-state index contributed by atoms with van der Waals surface area (Å²) in [7, 11) is 0. The van der Waals surface area contributed by atoms with Gasteiger partial charge >= 0.3 is 0 Å². The minimum Gasteiger partial charge on any atom is -0.507 e. The summed E-state index contributed by atoms with van der Waals surface area (Å²) < 4.78 is 2.19. The molecule has 6 rings (SSSR count). The highest BCUT2D eigenvalue weighted by Gasteiger charge is 2.21. The Balaban J connectivity index is 1.57. The van der Waals surface area contributed by atoms with Gasteiger partial charge in [-0.15, -0.1) is 0 Å². The lowest BCUT2D eigenvalue weighted by atomic mass is 9.98. The highest BCUT2D eigenvalue weighted by molar-refractivity contribution is 5.96. The molecule has 0 radical (unpaired) electrons. The normalized spacial score (nSPS) is 11.4. The van der Waals surface area contributed by atoms with Crippen molar-refractivity contribution in [1.29, 1.82) is 0 Å². The van der Waals surface area contributed by atoms with Gasteiger partial charge in [-0.3, -0.25) is 9.55 Å². The van der Waals surface area contributed by atoms with Gasteiger partial charge in [-0.25, -0.2) is 4.98 Å². The second kappa shape index (κ2) is 10.5. The number of pyridine rings is 1. The maximum Gasteiger partial charge on any atom is 0.149 e. The molecular weight excluding hydrogens is 490 g/mol. The van der Waals surface area contributed by atoms with E-state index >= 15 is 0 Å². The SMILES string of the molecule is Cc1cccc(C)c1-n1c(-c2ccccc2O)nc2c(-c3cccc(-c4cc(CC(C)C)ccn4)c3)cccc21. The summed E-state index contributed by atoms with van der Waals surface area (Å²) in [5, 5.41) is 10.9. The van der Waals surface area contributed by atoms with Crippen LogP contribution in [0, 0.1) is 19.8 Å². The van der Waals surface area contributed by atoms with Crippen LogP contribution in [0.15, 0.2) is 103 Å². The fourth-order valence-electron chi connectivity index (χ4n) is 5.64. The predicted octanol–water partition coefficient (Wildman–Crippen LogP) is 8.94. The lowest BCUT2D eigenvalue weighted by Gasteiger charge is -2.16. The minimum atomic E-state index is 0.209. The number of phenols is 1. The standard InChI is InChI=1S/C36H33N3O/c1-23(2)20-26-18-19-37-31(21-26)28-13-8-12-27(22-28)29-15-9-16-32-34(29)38-36(30-14-5-6-17-33(30)40)39(32)35-24(3)10-7-11-25(35)4/h5-19,21-23,40H,20H2,1-4H3. The molecule has 0 spiro atoms. The Bertz CT molecular complexity index is 1830. The molecule has 0 amide bonds. The average Bonchev–Trinajstić information content (AvgIpc) is 3.32. The number of aromatic hydroxyl groups is 1. The fraction of sp³-hybridized carbons (Fsp3) is 0.167. The first kappa shape index (κ1) is 25.6. The number of imidazole rings is 1. The molecule has 2 aromatic heterocycles. The van der Waals surface area contributed by atoms with Crippen molar-refractivity contribution in [2.75, 3.05) is 0 Å². The van der Waals surface area contributed by atoms with E-state index in [4.69, 9.17) is 9.97 Å². The van der Waals surface area contributed by atoms with E-state index in [2.05, 4.69) is 105 Å². The van der Waals surface area contributed by atoms with Gasteiger partial charge in [0.15, 0.2) is 0 Å². The number of rotatable bonds is 6. The summed E-state index contributed by atoms with van der Waals surface area (Å²) >= 11 is 0. The second-order valence-electron chi connectivity index (χ2n) is 10.9. The maximum absolute atomic E-state index is 10.9. The van der Waals surface area contributed by atoms with Crippen molar-refractivity contribution in [1.82, 2.24) is 14.5 Å². The topological polar surface area (TPSA) is 50.9 Å². The zero-order chi connectivity index (χ0) is 27.8. The Hall–Kier alpha value is -4.70. The molecule has 40 heavy (non-hydrogen) atoms. The molecule has 4 heteroatoms. The third kappa shape index (κ3) is 4.66. The summed E-state index contributed by atoms with van der Waals surface area (Å²) in [6.45, 7) is 8.72. The molecule has 0 saturated heterocycles. The first-order chi connectivity index (χ1) is 19.4. The summed E-state index contributed by atoms with van der Waals surface area (Å²) in [5.74, 6) is 1.52. The van der Waals surface area contributed by atoms with Gasteiger partial charge in [0.05, 0.1) is 28.0 Å². The Labute approximate surface area is 235 Å². The van der Waals surface area contributed by atoms with Gasteiger partial charge < -0.3 is 5.11 Å². The monoisotopic (exact) mass is 523 g/mol. The Kier molecular flexibility index (Phi) is 6.69. The molecule has 4 aromatic carbocycles. The number of benzene rings is 4. The van der Waals surface area contributed by atoms with Crippen molar-refractivity contribution >= 4 is 11.0 Å². The number of para-hydroxylation sites is 3. The summed E-state index contributed by atoms with van der Waals surface area (Å²) in [6, 6.07) is 32.9. The zero-order valence-electron chi connectivity index (χ0n) is 23.4. The quantitative estimate of drug-likeness (QED) is 0.237. The van der Waals surface area contributed by atoms with E-state index in [0.29, 0.717) is 11.5 Å². The third-order valence-electron chi connectivity index (χ3n) is 7.43. The van der Waals surface area contributed by atoms with Gasteiger partial charge in [0.2, 0.25) is 0 Å². The second-order valence-corrected chi connectivity index (χ2v) is 10.9. The Morgan fingerprint density at radius 1 is 0.750 bits per heavy atom. The van der Waals surface area contributed by atoms with Crippen molar-refractivity contribution < 1.29 is 5.11 Å². The van der Waals surface area contributed by atoms with E-state index in [-0.39, 0.29) is 5.75 Å². The summed E-state index contributed by atoms with van der Waals surface area (Å²) in [6.07, 6.45) is 2.94. The molecule has 0 unspecified atom stereocenters. The molecule has 0 fully saturated rings. The van der Waals surface area contributed by atoms with Crippen molar-refractivity contribution in [3.05, 3.63) is 120 Å². The molecule has 0 bridgehead atoms. The maximum atomic E-state index is 10.9. The first-order valence-electron chi connectivity index (χ1n) is 13.8. The number of aromatic nitrogens is 3. The number of hydrogen-bond donors (Lipinski definition) is 1. The molecule has 0 aliphatic rings. The van der Waals surface area contributed by atoms with Crippen LogP contribution in [0.25, 0.3) is 50.5 Å². The number of fused-ring (bicyclic) bond motifs is 1.